The Labute approximate surface area is 233 Å². The molecule has 0 amide bonds. The van der Waals surface area contributed by atoms with Gasteiger partial charge in [-0.2, -0.15) is 0 Å². The van der Waals surface area contributed by atoms with E-state index in [1.807, 2.05) is 18.2 Å². The van der Waals surface area contributed by atoms with Gasteiger partial charge in [-0.15, -0.1) is 0 Å². The molecular formula is C34H54NO3+. The van der Waals surface area contributed by atoms with Gasteiger partial charge in [0.25, 0.3) is 0 Å². The number of quaternary nitrogens is 1. The van der Waals surface area contributed by atoms with E-state index in [-0.39, 0.29) is 5.97 Å². The van der Waals surface area contributed by atoms with E-state index in [9.17, 15) is 4.79 Å². The number of para-hydroxylation sites is 1. The van der Waals surface area contributed by atoms with E-state index in [1.165, 1.54) is 75.3 Å². The summed E-state index contributed by atoms with van der Waals surface area (Å²) in [5.74, 6) is 0.671. The molecule has 1 atom stereocenters. The molecule has 0 N–H and O–H groups in total. The van der Waals surface area contributed by atoms with Crippen LogP contribution in [-0.4, -0.2) is 37.4 Å². The van der Waals surface area contributed by atoms with Crippen molar-refractivity contribution in [3.8, 4) is 5.75 Å². The molecule has 4 nitrogen and oxygen atoms in total. The van der Waals surface area contributed by atoms with Crippen LogP contribution in [0.2, 0.25) is 0 Å². The average molecular weight is 525 g/mol. The third kappa shape index (κ3) is 14.0. The Morgan fingerprint density at radius 2 is 1.37 bits per heavy atom. The summed E-state index contributed by atoms with van der Waals surface area (Å²) in [5.41, 5.74) is 2.49. The Morgan fingerprint density at radius 3 is 2.03 bits per heavy atom. The molecular weight excluding hydrogens is 470 g/mol. The number of aryl methyl sites for hydroxylation is 1. The smallest absolute Gasteiger partial charge is 0.314 e. The van der Waals surface area contributed by atoms with Crippen molar-refractivity contribution < 1.29 is 18.8 Å². The predicted molar refractivity (Wildman–Crippen MR) is 159 cm³/mol. The topological polar surface area (TPSA) is 35.5 Å². The Kier molecular flexibility index (Phi) is 15.8. The van der Waals surface area contributed by atoms with Crippen LogP contribution in [0.1, 0.15) is 108 Å². The number of unbranched alkanes of at least 4 members (excludes halogenated alkanes) is 9. The zero-order chi connectivity index (χ0) is 27.5. The van der Waals surface area contributed by atoms with Crippen LogP contribution in [0.25, 0.3) is 0 Å². The van der Waals surface area contributed by atoms with E-state index in [2.05, 4.69) is 64.3 Å². The third-order valence-corrected chi connectivity index (χ3v) is 7.19. The second-order valence-corrected chi connectivity index (χ2v) is 11.4. The van der Waals surface area contributed by atoms with E-state index in [0.717, 1.165) is 36.2 Å². The van der Waals surface area contributed by atoms with Gasteiger partial charge in [-0.3, -0.25) is 4.79 Å². The van der Waals surface area contributed by atoms with Crippen molar-refractivity contribution in [2.45, 2.75) is 117 Å². The highest BCUT2D eigenvalue weighted by Gasteiger charge is 2.22. The second-order valence-electron chi connectivity index (χ2n) is 11.4. The summed E-state index contributed by atoms with van der Waals surface area (Å²) >= 11 is 0. The van der Waals surface area contributed by atoms with Crippen molar-refractivity contribution in [1.29, 1.82) is 0 Å². The van der Waals surface area contributed by atoms with Crippen LogP contribution < -0.4 is 4.74 Å². The lowest BCUT2D eigenvalue weighted by Crippen LogP contribution is -2.41. The quantitative estimate of drug-likeness (QED) is 0.0708. The SMILES string of the molecule is CCCCCCCCCCCCc1ccccc1OC(CCC)OC(=O)CC[N+](C)(C)Cc1ccccc1. The summed E-state index contributed by atoms with van der Waals surface area (Å²) in [6.45, 7) is 5.98. The van der Waals surface area contributed by atoms with Crippen molar-refractivity contribution in [1.82, 2.24) is 0 Å². The van der Waals surface area contributed by atoms with Gasteiger partial charge in [0.1, 0.15) is 12.3 Å². The molecule has 2 rings (SSSR count). The zero-order valence-electron chi connectivity index (χ0n) is 24.8. The molecule has 0 fully saturated rings. The third-order valence-electron chi connectivity index (χ3n) is 7.19. The fraction of sp³-hybridized carbons (Fsp3) is 0.618. The number of hydrogen-bond donors (Lipinski definition) is 0. The van der Waals surface area contributed by atoms with Gasteiger partial charge in [0, 0.05) is 12.0 Å². The average Bonchev–Trinajstić information content (AvgIpc) is 2.90. The summed E-state index contributed by atoms with van der Waals surface area (Å²) < 4.78 is 12.8. The molecule has 0 aliphatic carbocycles. The van der Waals surface area contributed by atoms with Gasteiger partial charge < -0.3 is 14.0 Å². The summed E-state index contributed by atoms with van der Waals surface area (Å²) in [6.07, 6.45) is 15.8. The number of ether oxygens (including phenoxy) is 2. The molecule has 0 aromatic heterocycles. The maximum absolute atomic E-state index is 12.8. The van der Waals surface area contributed by atoms with Crippen molar-refractivity contribution in [3.63, 3.8) is 0 Å². The normalized spacial score (nSPS) is 12.3. The Morgan fingerprint density at radius 1 is 0.763 bits per heavy atom. The van der Waals surface area contributed by atoms with Crippen molar-refractivity contribution >= 4 is 5.97 Å². The lowest BCUT2D eigenvalue weighted by Gasteiger charge is -2.30. The molecule has 2 aromatic carbocycles. The predicted octanol–water partition coefficient (Wildman–Crippen LogP) is 8.86. The molecule has 0 bridgehead atoms. The molecule has 4 heteroatoms. The molecule has 0 spiro atoms. The van der Waals surface area contributed by atoms with E-state index in [4.69, 9.17) is 9.47 Å². The molecule has 212 valence electrons. The largest absolute Gasteiger partial charge is 0.455 e. The van der Waals surface area contributed by atoms with Crippen LogP contribution in [0.15, 0.2) is 54.6 Å². The summed E-state index contributed by atoms with van der Waals surface area (Å²) in [5, 5.41) is 0. The van der Waals surface area contributed by atoms with Crippen LogP contribution in [0, 0.1) is 0 Å². The van der Waals surface area contributed by atoms with Gasteiger partial charge in [-0.05, 0) is 30.9 Å². The number of esters is 1. The standard InChI is InChI=1S/C34H54NO3/c1-5-7-8-9-10-11-12-13-14-18-24-31-25-19-20-26-32(31)37-34(21-6-2)38-33(36)27-28-35(3,4)29-30-22-16-15-17-23-30/h15-17,19-20,22-23,25-26,34H,5-14,18,21,24,27-29H2,1-4H3/q+1. The molecule has 0 saturated carbocycles. The lowest BCUT2D eigenvalue weighted by molar-refractivity contribution is -0.903. The number of benzene rings is 2. The van der Waals surface area contributed by atoms with Gasteiger partial charge >= 0.3 is 5.97 Å². The fourth-order valence-electron chi connectivity index (χ4n) is 4.90. The van der Waals surface area contributed by atoms with Gasteiger partial charge in [-0.1, -0.05) is 120 Å². The first-order valence-electron chi connectivity index (χ1n) is 15.2. The van der Waals surface area contributed by atoms with Crippen LogP contribution >= 0.6 is 0 Å². The molecule has 2 aromatic rings. The Bertz CT molecular complexity index is 880. The molecule has 0 radical (unpaired) electrons. The fourth-order valence-corrected chi connectivity index (χ4v) is 4.90. The molecule has 38 heavy (non-hydrogen) atoms. The second kappa shape index (κ2) is 18.8. The first-order valence-corrected chi connectivity index (χ1v) is 15.2. The number of rotatable bonds is 21. The van der Waals surface area contributed by atoms with Crippen molar-refractivity contribution in [2.24, 2.45) is 0 Å². The van der Waals surface area contributed by atoms with Crippen LogP contribution in [0.3, 0.4) is 0 Å². The van der Waals surface area contributed by atoms with E-state index in [1.54, 1.807) is 0 Å². The Hall–Kier alpha value is -2.33. The summed E-state index contributed by atoms with van der Waals surface area (Å²) in [7, 11) is 4.31. The van der Waals surface area contributed by atoms with Gasteiger partial charge in [0.2, 0.25) is 6.29 Å². The molecule has 1 unspecified atom stereocenters. The maximum Gasteiger partial charge on any atom is 0.314 e. The molecule has 0 saturated heterocycles. The minimum absolute atomic E-state index is 0.185. The van der Waals surface area contributed by atoms with E-state index < -0.39 is 6.29 Å². The van der Waals surface area contributed by atoms with Gasteiger partial charge in [0.05, 0.1) is 27.1 Å². The molecule has 0 aliphatic heterocycles. The summed E-state index contributed by atoms with van der Waals surface area (Å²) in [4.78, 5) is 12.8. The van der Waals surface area contributed by atoms with Crippen molar-refractivity contribution in [3.05, 3.63) is 65.7 Å². The number of carbonyl (C=O) groups is 1. The van der Waals surface area contributed by atoms with Gasteiger partial charge in [-0.25, -0.2) is 0 Å². The summed E-state index contributed by atoms with van der Waals surface area (Å²) in [6, 6.07) is 18.7. The highest BCUT2D eigenvalue weighted by atomic mass is 16.7. The van der Waals surface area contributed by atoms with Crippen molar-refractivity contribution in [2.75, 3.05) is 20.6 Å². The first-order chi connectivity index (χ1) is 18.4. The zero-order valence-corrected chi connectivity index (χ0v) is 24.8. The highest BCUT2D eigenvalue weighted by molar-refractivity contribution is 5.69. The minimum Gasteiger partial charge on any atom is -0.455 e. The number of hydrogen-bond acceptors (Lipinski definition) is 3. The Balaban J connectivity index is 1.76. The van der Waals surface area contributed by atoms with E-state index >= 15 is 0 Å². The van der Waals surface area contributed by atoms with Gasteiger partial charge in [0.15, 0.2) is 0 Å². The lowest BCUT2D eigenvalue weighted by atomic mass is 10.0. The van der Waals surface area contributed by atoms with E-state index in [0.29, 0.717) is 12.8 Å². The first kappa shape index (κ1) is 31.9. The van der Waals surface area contributed by atoms with Crippen LogP contribution in [0.4, 0.5) is 0 Å². The van der Waals surface area contributed by atoms with Crippen LogP contribution in [0.5, 0.6) is 5.75 Å². The van der Waals surface area contributed by atoms with Crippen LogP contribution in [-0.2, 0) is 22.5 Å². The monoisotopic (exact) mass is 524 g/mol. The minimum atomic E-state index is -0.536. The maximum atomic E-state index is 12.8. The molecule has 0 aliphatic rings. The molecule has 0 heterocycles. The number of nitrogens with zero attached hydrogens (tertiary/aromatic N) is 1. The highest BCUT2D eigenvalue weighted by Crippen LogP contribution is 2.24. The number of carbonyl (C=O) groups excluding carboxylic acids is 1.